The number of aryl methyl sites for hydroxylation is 1. The van der Waals surface area contributed by atoms with Crippen LogP contribution >= 0.6 is 11.3 Å². The largest absolute Gasteiger partial charge is 0.465 e. The summed E-state index contributed by atoms with van der Waals surface area (Å²) in [6, 6.07) is 9.02. The van der Waals surface area contributed by atoms with E-state index < -0.39 is 34.8 Å². The summed E-state index contributed by atoms with van der Waals surface area (Å²) >= 11 is 1.11. The van der Waals surface area contributed by atoms with Gasteiger partial charge in [0, 0.05) is 17.4 Å². The van der Waals surface area contributed by atoms with E-state index >= 15 is 0 Å². The Morgan fingerprint density at radius 2 is 1.63 bits per heavy atom. The second kappa shape index (κ2) is 9.78. The molecule has 2 aromatic heterocycles. The predicted octanol–water partition coefficient (Wildman–Crippen LogP) is 5.21. The van der Waals surface area contributed by atoms with E-state index in [0.717, 1.165) is 17.4 Å². The lowest BCUT2D eigenvalue weighted by Crippen LogP contribution is -2.35. The van der Waals surface area contributed by atoms with Crippen molar-refractivity contribution in [2.24, 2.45) is 5.41 Å². The lowest BCUT2D eigenvalue weighted by molar-refractivity contribution is -0.131. The summed E-state index contributed by atoms with van der Waals surface area (Å²) in [6.07, 6.45) is 1.90. The smallest absolute Gasteiger partial charge is 0.348 e. The average molecular weight is 539 g/mol. The number of esters is 1. The van der Waals surface area contributed by atoms with Crippen LogP contribution in [-0.2, 0) is 14.3 Å². The first kappa shape index (κ1) is 25.2. The maximum Gasteiger partial charge on any atom is 0.348 e. The molecule has 0 aliphatic heterocycles. The summed E-state index contributed by atoms with van der Waals surface area (Å²) in [5, 5.41) is 5.66. The molecule has 2 heterocycles. The van der Waals surface area contributed by atoms with Crippen LogP contribution in [-0.4, -0.2) is 34.9 Å². The van der Waals surface area contributed by atoms with Gasteiger partial charge in [-0.1, -0.05) is 0 Å². The summed E-state index contributed by atoms with van der Waals surface area (Å²) in [5.41, 5.74) is -0.250. The van der Waals surface area contributed by atoms with Crippen molar-refractivity contribution in [2.75, 3.05) is 17.7 Å². The molecule has 0 bridgehead atoms. The van der Waals surface area contributed by atoms with Crippen molar-refractivity contribution in [1.82, 2.24) is 9.97 Å². The Balaban J connectivity index is 1.31. The average Bonchev–Trinajstić information content (AvgIpc) is 3.65. The zero-order valence-electron chi connectivity index (χ0n) is 20.1. The highest BCUT2D eigenvalue weighted by Gasteiger charge is 2.56. The van der Waals surface area contributed by atoms with Gasteiger partial charge in [0.1, 0.15) is 27.3 Å². The number of thiophene rings is 1. The molecule has 5 rings (SSSR count). The molecule has 194 valence electrons. The van der Waals surface area contributed by atoms with Crippen LogP contribution < -0.4 is 15.4 Å². The first-order chi connectivity index (χ1) is 18.2. The molecule has 4 aromatic rings. The number of nitrogens with one attached hydrogen (secondary N) is 2. The SMILES string of the molecule is COC(=O)c1sc2ncnc(Oc3ccc(NC(=O)C4(C(=O)Nc5ccc(F)cc5)CC4)cc3F)c2c1C. The molecule has 0 radical (unpaired) electrons. The maximum atomic E-state index is 15.0. The minimum absolute atomic E-state index is 0.0592. The Kier molecular flexibility index (Phi) is 6.49. The normalized spacial score (nSPS) is 13.6. The zero-order valence-corrected chi connectivity index (χ0v) is 20.9. The predicted molar refractivity (Wildman–Crippen MR) is 135 cm³/mol. The van der Waals surface area contributed by atoms with Crippen molar-refractivity contribution in [3.63, 3.8) is 0 Å². The molecule has 1 fully saturated rings. The van der Waals surface area contributed by atoms with Crippen molar-refractivity contribution in [3.8, 4) is 11.6 Å². The Hall–Kier alpha value is -4.45. The van der Waals surface area contributed by atoms with Crippen molar-refractivity contribution in [3.05, 3.63) is 70.9 Å². The fraction of sp³-hybridized carbons (Fsp3) is 0.192. The zero-order chi connectivity index (χ0) is 27.0. The van der Waals surface area contributed by atoms with E-state index in [-0.39, 0.29) is 17.3 Å². The first-order valence-corrected chi connectivity index (χ1v) is 12.2. The molecular weight excluding hydrogens is 518 g/mol. The highest BCUT2D eigenvalue weighted by atomic mass is 32.1. The number of anilines is 2. The van der Waals surface area contributed by atoms with Crippen molar-refractivity contribution < 1.29 is 32.6 Å². The minimum Gasteiger partial charge on any atom is -0.465 e. The Morgan fingerprint density at radius 3 is 2.26 bits per heavy atom. The van der Waals surface area contributed by atoms with Gasteiger partial charge in [-0.25, -0.2) is 23.5 Å². The molecule has 2 N–H and O–H groups in total. The first-order valence-electron chi connectivity index (χ1n) is 11.4. The molecule has 9 nitrogen and oxygen atoms in total. The number of ether oxygens (including phenoxy) is 2. The number of carbonyl (C=O) groups is 3. The second-order valence-electron chi connectivity index (χ2n) is 8.65. The Labute approximate surface area is 218 Å². The van der Waals surface area contributed by atoms with Gasteiger partial charge in [0.2, 0.25) is 17.7 Å². The molecule has 0 spiro atoms. The number of amides is 2. The molecule has 1 aliphatic rings. The summed E-state index contributed by atoms with van der Waals surface area (Å²) in [7, 11) is 1.27. The van der Waals surface area contributed by atoms with E-state index in [0.29, 0.717) is 39.2 Å². The van der Waals surface area contributed by atoms with E-state index in [1.54, 1.807) is 6.92 Å². The van der Waals surface area contributed by atoms with Crippen molar-refractivity contribution >= 4 is 50.7 Å². The van der Waals surface area contributed by atoms with Crippen LogP contribution in [0.1, 0.15) is 28.1 Å². The number of aromatic nitrogens is 2. The summed E-state index contributed by atoms with van der Waals surface area (Å²) in [6.45, 7) is 1.69. The van der Waals surface area contributed by atoms with Gasteiger partial charge in [-0.2, -0.15) is 0 Å². The van der Waals surface area contributed by atoms with Gasteiger partial charge < -0.3 is 20.1 Å². The van der Waals surface area contributed by atoms with E-state index in [2.05, 4.69) is 20.6 Å². The number of methoxy groups -OCH3 is 1. The molecule has 38 heavy (non-hydrogen) atoms. The van der Waals surface area contributed by atoms with Crippen LogP contribution in [0.5, 0.6) is 11.6 Å². The van der Waals surface area contributed by atoms with E-state index in [1.165, 1.54) is 49.8 Å². The molecular formula is C26H20F2N4O5S. The summed E-state index contributed by atoms with van der Waals surface area (Å²) < 4.78 is 38.6. The fourth-order valence-electron chi connectivity index (χ4n) is 3.89. The van der Waals surface area contributed by atoms with Gasteiger partial charge in [0.15, 0.2) is 11.6 Å². The van der Waals surface area contributed by atoms with E-state index in [4.69, 9.17) is 9.47 Å². The van der Waals surface area contributed by atoms with E-state index in [9.17, 15) is 23.2 Å². The summed E-state index contributed by atoms with van der Waals surface area (Å²) in [4.78, 5) is 46.7. The van der Waals surface area contributed by atoms with Gasteiger partial charge in [0.05, 0.1) is 12.5 Å². The van der Waals surface area contributed by atoms with Crippen LogP contribution in [0.4, 0.5) is 20.2 Å². The van der Waals surface area contributed by atoms with Crippen molar-refractivity contribution in [1.29, 1.82) is 0 Å². The summed E-state index contributed by atoms with van der Waals surface area (Å²) in [5.74, 6) is -2.96. The number of hydrogen-bond donors (Lipinski definition) is 2. The third kappa shape index (κ3) is 4.65. The topological polar surface area (TPSA) is 120 Å². The number of rotatable bonds is 7. The molecule has 2 amide bonds. The third-order valence-corrected chi connectivity index (χ3v) is 7.36. The van der Waals surface area contributed by atoms with E-state index in [1.807, 2.05) is 0 Å². The third-order valence-electron chi connectivity index (χ3n) is 6.18. The standard InChI is InChI=1S/C26H20F2N4O5S/c1-13-19-21(29-12-30-22(19)38-20(13)23(33)36-2)37-18-8-7-16(11-17(18)28)32-25(35)26(9-10-26)24(34)31-15-5-3-14(27)4-6-15/h3-8,11-12H,9-10H2,1-2H3,(H,31,34)(H,32,35). The molecule has 1 aliphatic carbocycles. The molecule has 2 aromatic carbocycles. The molecule has 0 atom stereocenters. The van der Waals surface area contributed by atoms with Crippen LogP contribution in [0.2, 0.25) is 0 Å². The monoisotopic (exact) mass is 538 g/mol. The van der Waals surface area contributed by atoms with Crippen LogP contribution in [0.3, 0.4) is 0 Å². The molecule has 1 saturated carbocycles. The van der Waals surface area contributed by atoms with Crippen molar-refractivity contribution in [2.45, 2.75) is 19.8 Å². The quantitative estimate of drug-likeness (QED) is 0.245. The second-order valence-corrected chi connectivity index (χ2v) is 9.65. The highest BCUT2D eigenvalue weighted by molar-refractivity contribution is 7.20. The lowest BCUT2D eigenvalue weighted by Gasteiger charge is -2.16. The number of benzene rings is 2. The lowest BCUT2D eigenvalue weighted by atomic mass is 10.0. The van der Waals surface area contributed by atoms with Crippen LogP contribution in [0, 0.1) is 24.0 Å². The molecule has 0 unspecified atom stereocenters. The fourth-order valence-corrected chi connectivity index (χ4v) is 4.94. The van der Waals surface area contributed by atoms with Gasteiger partial charge in [-0.05, 0) is 61.7 Å². The minimum atomic E-state index is -1.29. The van der Waals surface area contributed by atoms with Gasteiger partial charge in [-0.15, -0.1) is 11.3 Å². The molecule has 12 heteroatoms. The Bertz CT molecular complexity index is 1580. The Morgan fingerprint density at radius 1 is 0.974 bits per heavy atom. The maximum absolute atomic E-state index is 15.0. The number of fused-ring (bicyclic) bond motifs is 1. The number of carbonyl (C=O) groups excluding carboxylic acids is 3. The molecule has 0 saturated heterocycles. The van der Waals surface area contributed by atoms with Gasteiger partial charge in [-0.3, -0.25) is 9.59 Å². The van der Waals surface area contributed by atoms with Crippen LogP contribution in [0.15, 0.2) is 48.8 Å². The number of halogens is 2. The highest BCUT2D eigenvalue weighted by Crippen LogP contribution is 2.47. The van der Waals surface area contributed by atoms with Gasteiger partial charge >= 0.3 is 5.97 Å². The number of nitrogens with zero attached hydrogens (tertiary/aromatic N) is 2. The van der Waals surface area contributed by atoms with Gasteiger partial charge in [0.25, 0.3) is 0 Å². The van der Waals surface area contributed by atoms with Crippen LogP contribution in [0.25, 0.3) is 10.2 Å². The number of hydrogen-bond acceptors (Lipinski definition) is 8.